The van der Waals surface area contributed by atoms with E-state index in [1.54, 1.807) is 13.0 Å². The van der Waals surface area contributed by atoms with Gasteiger partial charge >= 0.3 is 5.69 Å². The zero-order valence-electron chi connectivity index (χ0n) is 8.49. The molecule has 0 aromatic heterocycles. The van der Waals surface area contributed by atoms with Crippen molar-refractivity contribution < 1.29 is 14.1 Å². The highest BCUT2D eigenvalue weighted by atomic mass is 19.1. The number of methoxy groups -OCH3 is 1. The van der Waals surface area contributed by atoms with Gasteiger partial charge in [0.15, 0.2) is 5.75 Å². The van der Waals surface area contributed by atoms with Crippen molar-refractivity contribution in [1.29, 1.82) is 0 Å². The average molecular weight is 212 g/mol. The van der Waals surface area contributed by atoms with Crippen LogP contribution >= 0.6 is 0 Å². The third kappa shape index (κ3) is 2.43. The molecular weight excluding hydrogens is 201 g/mol. The molecule has 1 radical (unpaired) electrons. The van der Waals surface area contributed by atoms with Gasteiger partial charge in [0.2, 0.25) is 0 Å². The van der Waals surface area contributed by atoms with E-state index in [0.29, 0.717) is 11.5 Å². The Balaban J connectivity index is 3.16. The van der Waals surface area contributed by atoms with E-state index in [4.69, 9.17) is 4.74 Å². The number of hydrogen-bond donors (Lipinski definition) is 0. The lowest BCUT2D eigenvalue weighted by molar-refractivity contribution is -0.385. The first-order chi connectivity index (χ1) is 7.10. The molecule has 0 N–H and O–H groups in total. The summed E-state index contributed by atoms with van der Waals surface area (Å²) in [7, 11) is 1.35. The Bertz CT molecular complexity index is 368. The molecular formula is C10H11FNO3. The lowest BCUT2D eigenvalue weighted by Crippen LogP contribution is -2.00. The molecule has 5 heteroatoms. The molecule has 0 aliphatic carbocycles. The van der Waals surface area contributed by atoms with E-state index < -0.39 is 11.6 Å². The third-order valence-corrected chi connectivity index (χ3v) is 2.07. The number of nitrogens with zero attached hydrogens (tertiary/aromatic N) is 1. The van der Waals surface area contributed by atoms with Gasteiger partial charge in [-0.2, -0.15) is 0 Å². The van der Waals surface area contributed by atoms with Gasteiger partial charge < -0.3 is 4.74 Å². The second-order valence-electron chi connectivity index (χ2n) is 3.06. The van der Waals surface area contributed by atoms with Gasteiger partial charge in [0.05, 0.1) is 18.7 Å². The minimum atomic E-state index is -0.622. The molecule has 0 heterocycles. The lowest BCUT2D eigenvalue weighted by atomic mass is 10.0. The number of benzene rings is 1. The summed E-state index contributed by atoms with van der Waals surface area (Å²) >= 11 is 0. The predicted octanol–water partition coefficient (Wildman–Crippen LogP) is 2.52. The second-order valence-corrected chi connectivity index (χ2v) is 3.06. The maximum Gasteiger partial charge on any atom is 0.311 e. The van der Waals surface area contributed by atoms with Gasteiger partial charge in [-0.15, -0.1) is 0 Å². The minimum Gasteiger partial charge on any atom is -0.490 e. The van der Waals surface area contributed by atoms with Gasteiger partial charge in [-0.05, 0) is 11.6 Å². The SMILES string of the molecule is COc1ccc([C](C)CF)cc1[N+](=O)[O-]. The van der Waals surface area contributed by atoms with Gasteiger partial charge in [0, 0.05) is 12.0 Å². The van der Waals surface area contributed by atoms with E-state index in [1.807, 2.05) is 0 Å². The number of alkyl halides is 1. The summed E-state index contributed by atoms with van der Waals surface area (Å²) in [4.78, 5) is 10.1. The highest BCUT2D eigenvalue weighted by Crippen LogP contribution is 2.30. The van der Waals surface area contributed by atoms with Crippen LogP contribution in [0.5, 0.6) is 5.75 Å². The zero-order valence-corrected chi connectivity index (χ0v) is 8.49. The molecule has 0 fully saturated rings. The largest absolute Gasteiger partial charge is 0.490 e. The van der Waals surface area contributed by atoms with E-state index in [1.165, 1.54) is 19.2 Å². The molecule has 1 aromatic rings. The maximum absolute atomic E-state index is 12.3. The Kier molecular flexibility index (Phi) is 3.60. The zero-order chi connectivity index (χ0) is 11.4. The van der Waals surface area contributed by atoms with Gasteiger partial charge in [0.1, 0.15) is 0 Å². The summed E-state index contributed by atoms with van der Waals surface area (Å²) < 4.78 is 17.2. The van der Waals surface area contributed by atoms with Crippen molar-refractivity contribution in [2.45, 2.75) is 6.92 Å². The quantitative estimate of drug-likeness (QED) is 0.569. The van der Waals surface area contributed by atoms with Crippen LogP contribution < -0.4 is 4.74 Å². The van der Waals surface area contributed by atoms with Crippen LogP contribution in [0.4, 0.5) is 10.1 Å². The number of rotatable bonds is 4. The monoisotopic (exact) mass is 212 g/mol. The van der Waals surface area contributed by atoms with Crippen molar-refractivity contribution in [1.82, 2.24) is 0 Å². The molecule has 0 bridgehead atoms. The molecule has 1 rings (SSSR count). The highest BCUT2D eigenvalue weighted by molar-refractivity contribution is 5.51. The number of hydrogen-bond acceptors (Lipinski definition) is 3. The minimum absolute atomic E-state index is 0.150. The van der Waals surface area contributed by atoms with E-state index >= 15 is 0 Å². The Morgan fingerprint density at radius 3 is 2.73 bits per heavy atom. The fourth-order valence-electron chi connectivity index (χ4n) is 1.18. The van der Waals surface area contributed by atoms with Crippen molar-refractivity contribution in [3.05, 3.63) is 39.8 Å². The molecule has 81 valence electrons. The van der Waals surface area contributed by atoms with Crippen LogP contribution in [0.15, 0.2) is 18.2 Å². The van der Waals surface area contributed by atoms with Crippen molar-refractivity contribution in [2.24, 2.45) is 0 Å². The molecule has 0 unspecified atom stereocenters. The lowest BCUT2D eigenvalue weighted by Gasteiger charge is -2.07. The van der Waals surface area contributed by atoms with Gasteiger partial charge in [-0.3, -0.25) is 14.5 Å². The van der Waals surface area contributed by atoms with Gasteiger partial charge in [0.25, 0.3) is 0 Å². The molecule has 0 saturated carbocycles. The molecule has 0 saturated heterocycles. The normalized spacial score (nSPS) is 10.4. The predicted molar refractivity (Wildman–Crippen MR) is 53.6 cm³/mol. The molecule has 4 nitrogen and oxygen atoms in total. The molecule has 15 heavy (non-hydrogen) atoms. The van der Waals surface area contributed by atoms with E-state index in [0.717, 1.165) is 0 Å². The fraction of sp³-hybridized carbons (Fsp3) is 0.300. The second kappa shape index (κ2) is 4.72. The van der Waals surface area contributed by atoms with Crippen LogP contribution in [-0.4, -0.2) is 18.7 Å². The highest BCUT2D eigenvalue weighted by Gasteiger charge is 2.17. The van der Waals surface area contributed by atoms with Crippen LogP contribution in [0.25, 0.3) is 0 Å². The summed E-state index contributed by atoms with van der Waals surface area (Å²) in [6.45, 7) is 0.967. The molecule has 1 aromatic carbocycles. The summed E-state index contributed by atoms with van der Waals surface area (Å²) in [6, 6.07) is 4.38. The number of halogens is 1. The first kappa shape index (κ1) is 11.4. The van der Waals surface area contributed by atoms with Crippen LogP contribution in [-0.2, 0) is 0 Å². The standard InChI is InChI=1S/C10H11FNO3/c1-7(6-11)8-3-4-10(15-2)9(5-8)12(13)14/h3-5H,6H2,1-2H3. The van der Waals surface area contributed by atoms with Crippen molar-refractivity contribution in [3.63, 3.8) is 0 Å². The van der Waals surface area contributed by atoms with E-state index in [9.17, 15) is 14.5 Å². The summed E-state index contributed by atoms with van der Waals surface area (Å²) in [6.07, 6.45) is 0. The molecule has 0 amide bonds. The first-order valence-corrected chi connectivity index (χ1v) is 4.31. The van der Waals surface area contributed by atoms with Crippen LogP contribution in [0.2, 0.25) is 0 Å². The first-order valence-electron chi connectivity index (χ1n) is 4.31. The Hall–Kier alpha value is -1.65. The third-order valence-electron chi connectivity index (χ3n) is 2.07. The number of nitro benzene ring substituents is 1. The Labute approximate surface area is 86.8 Å². The number of ether oxygens (including phenoxy) is 1. The summed E-state index contributed by atoms with van der Waals surface area (Å²) in [5.41, 5.74) is 0.368. The molecule has 0 atom stereocenters. The van der Waals surface area contributed by atoms with E-state index in [2.05, 4.69) is 0 Å². The van der Waals surface area contributed by atoms with E-state index in [-0.39, 0.29) is 11.4 Å². The summed E-state index contributed by atoms with van der Waals surface area (Å²) in [5, 5.41) is 10.7. The van der Waals surface area contributed by atoms with Crippen LogP contribution in [0.3, 0.4) is 0 Å². The Morgan fingerprint density at radius 2 is 2.27 bits per heavy atom. The van der Waals surface area contributed by atoms with Crippen molar-refractivity contribution in [3.8, 4) is 5.75 Å². The topological polar surface area (TPSA) is 52.4 Å². The number of nitro groups is 1. The van der Waals surface area contributed by atoms with Gasteiger partial charge in [-0.1, -0.05) is 13.0 Å². The Morgan fingerprint density at radius 1 is 1.60 bits per heavy atom. The smallest absolute Gasteiger partial charge is 0.311 e. The summed E-state index contributed by atoms with van der Waals surface area (Å²) in [5.74, 6) is 0.635. The van der Waals surface area contributed by atoms with Crippen molar-refractivity contribution in [2.75, 3.05) is 13.8 Å². The molecule has 0 aliphatic rings. The van der Waals surface area contributed by atoms with Crippen molar-refractivity contribution >= 4 is 5.69 Å². The molecule has 0 spiro atoms. The van der Waals surface area contributed by atoms with Crippen LogP contribution in [0.1, 0.15) is 12.5 Å². The fourth-order valence-corrected chi connectivity index (χ4v) is 1.18. The average Bonchev–Trinajstić information content (AvgIpc) is 2.27. The van der Waals surface area contributed by atoms with Crippen LogP contribution in [0, 0.1) is 16.0 Å². The van der Waals surface area contributed by atoms with Gasteiger partial charge in [-0.25, -0.2) is 0 Å². The maximum atomic E-state index is 12.3. The molecule has 0 aliphatic heterocycles.